The first-order valence-electron chi connectivity index (χ1n) is 6.17. The fraction of sp³-hybridized carbons (Fsp3) is 0.357. The van der Waals surface area contributed by atoms with Crippen LogP contribution in [0.1, 0.15) is 48.4 Å². The first kappa shape index (κ1) is 11.6. The van der Waals surface area contributed by atoms with Crippen LogP contribution in [0.5, 0.6) is 0 Å². The molecule has 3 rings (SSSR count). The summed E-state index contributed by atoms with van der Waals surface area (Å²) in [5, 5.41) is 4.86. The van der Waals surface area contributed by atoms with Crippen LogP contribution in [0.4, 0.5) is 5.88 Å². The van der Waals surface area contributed by atoms with Crippen LogP contribution in [-0.4, -0.2) is 5.16 Å². The number of hydrogen-bond donors (Lipinski definition) is 1. The van der Waals surface area contributed by atoms with Gasteiger partial charge in [-0.3, -0.25) is 0 Å². The quantitative estimate of drug-likeness (QED) is 0.847. The number of anilines is 1. The molecule has 94 valence electrons. The number of nitrogens with zero attached hydrogens (tertiary/aromatic N) is 1. The van der Waals surface area contributed by atoms with Gasteiger partial charge in [0.05, 0.1) is 5.69 Å². The highest BCUT2D eigenvalue weighted by Gasteiger charge is 2.32. The second-order valence-corrected chi connectivity index (χ2v) is 5.36. The van der Waals surface area contributed by atoms with E-state index in [2.05, 4.69) is 24.2 Å². The average Bonchev–Trinajstić information content (AvgIpc) is 2.75. The van der Waals surface area contributed by atoms with Gasteiger partial charge in [0, 0.05) is 22.4 Å². The lowest BCUT2D eigenvalue weighted by molar-refractivity contribution is 0.418. The maximum atomic E-state index is 5.93. The topological polar surface area (TPSA) is 52.0 Å². The molecule has 0 bridgehead atoms. The van der Waals surface area contributed by atoms with E-state index in [4.69, 9.17) is 21.9 Å². The number of rotatable bonds is 1. The van der Waals surface area contributed by atoms with Gasteiger partial charge >= 0.3 is 0 Å². The normalized spacial score (nSPS) is 22.8. The molecule has 1 aliphatic rings. The highest BCUT2D eigenvalue weighted by molar-refractivity contribution is 6.30. The maximum Gasteiger partial charge on any atom is 0.226 e. The number of nitrogens with two attached hydrogens (primary N) is 1. The van der Waals surface area contributed by atoms with Gasteiger partial charge in [0.15, 0.2) is 0 Å². The van der Waals surface area contributed by atoms with Crippen LogP contribution in [-0.2, 0) is 0 Å². The van der Waals surface area contributed by atoms with Crippen LogP contribution in [0.15, 0.2) is 28.8 Å². The second-order valence-electron chi connectivity index (χ2n) is 4.93. The summed E-state index contributed by atoms with van der Waals surface area (Å²) in [5.41, 5.74) is 9.23. The Morgan fingerprint density at radius 1 is 1.28 bits per heavy atom. The molecule has 1 heterocycles. The van der Waals surface area contributed by atoms with Gasteiger partial charge in [-0.1, -0.05) is 35.8 Å². The Balaban J connectivity index is 2.06. The van der Waals surface area contributed by atoms with Crippen LogP contribution in [0, 0.1) is 0 Å². The Morgan fingerprint density at radius 3 is 2.72 bits per heavy atom. The third kappa shape index (κ3) is 1.79. The Morgan fingerprint density at radius 2 is 2.00 bits per heavy atom. The van der Waals surface area contributed by atoms with E-state index in [0.29, 0.717) is 11.8 Å². The highest BCUT2D eigenvalue weighted by Crippen LogP contribution is 2.44. The van der Waals surface area contributed by atoms with E-state index in [1.54, 1.807) is 0 Å². The summed E-state index contributed by atoms with van der Waals surface area (Å²) < 4.78 is 5.17. The van der Waals surface area contributed by atoms with Crippen molar-refractivity contribution in [1.82, 2.24) is 5.16 Å². The summed E-state index contributed by atoms with van der Waals surface area (Å²) in [5.74, 6) is 1.15. The van der Waals surface area contributed by atoms with E-state index < -0.39 is 0 Å². The van der Waals surface area contributed by atoms with Gasteiger partial charge in [0.25, 0.3) is 0 Å². The lowest BCUT2D eigenvalue weighted by atomic mass is 9.78. The lowest BCUT2D eigenvalue weighted by Crippen LogP contribution is -2.14. The zero-order valence-corrected chi connectivity index (χ0v) is 10.9. The van der Waals surface area contributed by atoms with Crippen LogP contribution < -0.4 is 5.73 Å². The molecule has 2 unspecified atom stereocenters. The summed E-state index contributed by atoms with van der Waals surface area (Å²) in [6.45, 7) is 2.17. The van der Waals surface area contributed by atoms with E-state index in [1.165, 1.54) is 5.56 Å². The molecule has 1 aliphatic carbocycles. The minimum atomic E-state index is 0.278. The molecular weight excluding hydrogens is 248 g/mol. The molecular formula is C14H15ClN2O. The second kappa shape index (κ2) is 4.32. The SMILES string of the molecule is CC1CCC(c2ccc(Cl)cc2)c2c1noc2N. The summed E-state index contributed by atoms with van der Waals surface area (Å²) in [7, 11) is 0. The standard InChI is InChI=1S/C14H15ClN2O/c1-8-2-7-11(9-3-5-10(15)6-4-9)12-13(8)17-18-14(12)16/h3-6,8,11H,2,7,16H2,1H3. The fourth-order valence-corrected chi connectivity index (χ4v) is 2.88. The van der Waals surface area contributed by atoms with Crippen molar-refractivity contribution in [3.05, 3.63) is 46.1 Å². The number of fused-ring (bicyclic) bond motifs is 1. The van der Waals surface area contributed by atoms with Gasteiger partial charge in [-0.25, -0.2) is 0 Å². The van der Waals surface area contributed by atoms with Crippen molar-refractivity contribution in [1.29, 1.82) is 0 Å². The summed E-state index contributed by atoms with van der Waals surface area (Å²) in [6, 6.07) is 7.94. The number of aromatic nitrogens is 1. The Bertz CT molecular complexity index is 562. The molecule has 3 nitrogen and oxygen atoms in total. The van der Waals surface area contributed by atoms with E-state index >= 15 is 0 Å². The highest BCUT2D eigenvalue weighted by atomic mass is 35.5. The first-order valence-corrected chi connectivity index (χ1v) is 6.55. The Kier molecular flexibility index (Phi) is 2.78. The molecule has 0 fully saturated rings. The maximum absolute atomic E-state index is 5.93. The van der Waals surface area contributed by atoms with E-state index in [1.807, 2.05) is 12.1 Å². The summed E-state index contributed by atoms with van der Waals surface area (Å²) in [4.78, 5) is 0. The molecule has 0 saturated heterocycles. The molecule has 0 saturated carbocycles. The molecule has 2 aromatic rings. The molecule has 2 atom stereocenters. The van der Waals surface area contributed by atoms with Gasteiger partial charge in [0.2, 0.25) is 5.88 Å². The molecule has 0 aliphatic heterocycles. The Labute approximate surface area is 111 Å². The van der Waals surface area contributed by atoms with E-state index in [9.17, 15) is 0 Å². The molecule has 1 aromatic carbocycles. The van der Waals surface area contributed by atoms with Crippen molar-refractivity contribution >= 4 is 17.5 Å². The monoisotopic (exact) mass is 262 g/mol. The zero-order valence-electron chi connectivity index (χ0n) is 10.2. The lowest BCUT2D eigenvalue weighted by Gasteiger charge is -2.25. The van der Waals surface area contributed by atoms with E-state index in [-0.39, 0.29) is 5.92 Å². The number of nitrogen functional groups attached to an aromatic ring is 1. The molecule has 0 radical (unpaired) electrons. The van der Waals surface area contributed by atoms with Crippen molar-refractivity contribution < 1.29 is 4.52 Å². The number of benzene rings is 1. The smallest absolute Gasteiger partial charge is 0.226 e. The van der Waals surface area contributed by atoms with Crippen LogP contribution in [0.2, 0.25) is 5.02 Å². The summed E-state index contributed by atoms with van der Waals surface area (Å²) in [6.07, 6.45) is 2.17. The minimum Gasteiger partial charge on any atom is -0.367 e. The average molecular weight is 263 g/mol. The van der Waals surface area contributed by atoms with Crippen molar-refractivity contribution in [2.24, 2.45) is 0 Å². The molecule has 1 aromatic heterocycles. The van der Waals surface area contributed by atoms with Gasteiger partial charge in [-0.2, -0.15) is 0 Å². The summed E-state index contributed by atoms with van der Waals surface area (Å²) >= 11 is 5.93. The first-order chi connectivity index (χ1) is 8.66. The molecule has 4 heteroatoms. The molecule has 0 spiro atoms. The van der Waals surface area contributed by atoms with E-state index in [0.717, 1.165) is 29.1 Å². The molecule has 18 heavy (non-hydrogen) atoms. The van der Waals surface area contributed by atoms with Crippen LogP contribution in [0.3, 0.4) is 0 Å². The largest absolute Gasteiger partial charge is 0.367 e. The fourth-order valence-electron chi connectivity index (χ4n) is 2.75. The van der Waals surface area contributed by atoms with Gasteiger partial charge < -0.3 is 10.3 Å². The minimum absolute atomic E-state index is 0.278. The van der Waals surface area contributed by atoms with Crippen LogP contribution in [0.25, 0.3) is 0 Å². The van der Waals surface area contributed by atoms with Crippen molar-refractivity contribution in [3.63, 3.8) is 0 Å². The van der Waals surface area contributed by atoms with Crippen molar-refractivity contribution in [2.75, 3.05) is 5.73 Å². The van der Waals surface area contributed by atoms with Crippen molar-refractivity contribution in [3.8, 4) is 0 Å². The number of halogens is 1. The number of hydrogen-bond acceptors (Lipinski definition) is 3. The predicted octanol–water partition coefficient (Wildman–Crippen LogP) is 3.94. The van der Waals surface area contributed by atoms with Gasteiger partial charge in [-0.05, 0) is 30.5 Å². The third-order valence-electron chi connectivity index (χ3n) is 3.76. The van der Waals surface area contributed by atoms with Gasteiger partial charge in [-0.15, -0.1) is 0 Å². The van der Waals surface area contributed by atoms with Crippen molar-refractivity contribution in [2.45, 2.75) is 31.6 Å². The Hall–Kier alpha value is -1.48. The molecule has 0 amide bonds. The molecule has 2 N–H and O–H groups in total. The zero-order chi connectivity index (χ0) is 12.7. The third-order valence-corrected chi connectivity index (χ3v) is 4.01. The predicted molar refractivity (Wildman–Crippen MR) is 71.9 cm³/mol. The van der Waals surface area contributed by atoms with Crippen LogP contribution >= 0.6 is 11.6 Å². The van der Waals surface area contributed by atoms with Gasteiger partial charge in [0.1, 0.15) is 0 Å².